The summed E-state index contributed by atoms with van der Waals surface area (Å²) in [5, 5.41) is 27.0. The van der Waals surface area contributed by atoms with Gasteiger partial charge in [0.2, 0.25) is 0 Å². The van der Waals surface area contributed by atoms with Crippen LogP contribution in [0.15, 0.2) is 0 Å². The second-order valence-corrected chi connectivity index (χ2v) is 3.72. The maximum Gasteiger partial charge on any atom is 0.178 e. The first kappa shape index (κ1) is 19.7. The highest BCUT2D eigenvalue weighted by molar-refractivity contribution is 4.42. The molecule has 0 heterocycles. The number of hydrogen-bond acceptors (Lipinski definition) is 8. The highest BCUT2D eigenvalue weighted by Crippen LogP contribution is 1.93. The molecule has 0 saturated heterocycles. The second-order valence-electron chi connectivity index (χ2n) is 3.72. The van der Waals surface area contributed by atoms with E-state index in [9.17, 15) is 10.2 Å². The van der Waals surface area contributed by atoms with Crippen molar-refractivity contribution in [2.24, 2.45) is 0 Å². The third-order valence-corrected chi connectivity index (χ3v) is 2.03. The van der Waals surface area contributed by atoms with E-state index in [1.165, 1.54) is 0 Å². The molecule has 0 spiro atoms. The van der Waals surface area contributed by atoms with Crippen LogP contribution in [-0.4, -0.2) is 87.4 Å². The molecule has 3 N–H and O–H groups in total. The summed E-state index contributed by atoms with van der Waals surface area (Å²) >= 11 is 0. The molecular formula is C12H26O8. The van der Waals surface area contributed by atoms with Gasteiger partial charge in [0.05, 0.1) is 52.9 Å². The van der Waals surface area contributed by atoms with E-state index in [1.807, 2.05) is 0 Å². The van der Waals surface area contributed by atoms with Crippen molar-refractivity contribution in [3.8, 4) is 0 Å². The van der Waals surface area contributed by atoms with Gasteiger partial charge in [-0.15, -0.1) is 0 Å². The van der Waals surface area contributed by atoms with Crippen molar-refractivity contribution < 1.29 is 39.0 Å². The van der Waals surface area contributed by atoms with Gasteiger partial charge in [-0.1, -0.05) is 0 Å². The summed E-state index contributed by atoms with van der Waals surface area (Å²) in [4.78, 5) is 0. The molecule has 2 atom stereocenters. The van der Waals surface area contributed by atoms with Gasteiger partial charge in [-0.2, -0.15) is 0 Å². The molecular weight excluding hydrogens is 272 g/mol. The minimum Gasteiger partial charge on any atom is -0.394 e. The fourth-order valence-electron chi connectivity index (χ4n) is 1.19. The van der Waals surface area contributed by atoms with Gasteiger partial charge in [-0.05, 0) is 6.92 Å². The molecule has 0 amide bonds. The smallest absolute Gasteiger partial charge is 0.178 e. The van der Waals surface area contributed by atoms with E-state index in [2.05, 4.69) is 0 Å². The fourth-order valence-corrected chi connectivity index (χ4v) is 1.19. The summed E-state index contributed by atoms with van der Waals surface area (Å²) in [6.07, 6.45) is -2.06. The fraction of sp³-hybridized carbons (Fsp3) is 1.00. The molecule has 0 rings (SSSR count). The Morgan fingerprint density at radius 3 is 1.90 bits per heavy atom. The number of hydrogen-bond donors (Lipinski definition) is 3. The van der Waals surface area contributed by atoms with Crippen molar-refractivity contribution >= 4 is 0 Å². The monoisotopic (exact) mass is 298 g/mol. The summed E-state index contributed by atoms with van der Waals surface area (Å²) in [5.41, 5.74) is 0. The molecule has 0 saturated carbocycles. The van der Waals surface area contributed by atoms with Gasteiger partial charge in [0.25, 0.3) is 0 Å². The van der Waals surface area contributed by atoms with Gasteiger partial charge >= 0.3 is 0 Å². The number of aliphatic hydroxyl groups excluding tert-OH is 3. The molecule has 0 aliphatic heterocycles. The molecule has 0 bridgehead atoms. The van der Waals surface area contributed by atoms with Gasteiger partial charge < -0.3 is 39.0 Å². The minimum atomic E-state index is -1.07. The average Bonchev–Trinajstić information content (AvgIpc) is 2.42. The summed E-state index contributed by atoms with van der Waals surface area (Å²) in [6, 6.07) is 0. The zero-order chi connectivity index (χ0) is 15.1. The van der Waals surface area contributed by atoms with E-state index >= 15 is 0 Å². The molecule has 2 unspecified atom stereocenters. The lowest BCUT2D eigenvalue weighted by atomic mass is 10.6. The lowest BCUT2D eigenvalue weighted by Crippen LogP contribution is -2.26. The van der Waals surface area contributed by atoms with Crippen molar-refractivity contribution in [1.29, 1.82) is 0 Å². The van der Waals surface area contributed by atoms with Gasteiger partial charge in [-0.3, -0.25) is 0 Å². The summed E-state index contributed by atoms with van der Waals surface area (Å²) in [6.45, 7) is 3.71. The first-order valence-corrected chi connectivity index (χ1v) is 6.64. The van der Waals surface area contributed by atoms with Gasteiger partial charge in [-0.25, -0.2) is 0 Å². The van der Waals surface area contributed by atoms with Crippen molar-refractivity contribution in [3.05, 3.63) is 0 Å². The maximum absolute atomic E-state index is 9.39. The van der Waals surface area contributed by atoms with Crippen LogP contribution in [0.1, 0.15) is 6.92 Å². The first-order chi connectivity index (χ1) is 9.70. The van der Waals surface area contributed by atoms with E-state index in [4.69, 9.17) is 28.8 Å². The van der Waals surface area contributed by atoms with Crippen LogP contribution in [0.3, 0.4) is 0 Å². The van der Waals surface area contributed by atoms with Crippen LogP contribution in [0.25, 0.3) is 0 Å². The molecule has 122 valence electrons. The average molecular weight is 298 g/mol. The maximum atomic E-state index is 9.39. The van der Waals surface area contributed by atoms with Crippen LogP contribution in [0, 0.1) is 0 Å². The number of rotatable bonds is 15. The molecule has 20 heavy (non-hydrogen) atoms. The van der Waals surface area contributed by atoms with Crippen molar-refractivity contribution in [1.82, 2.24) is 0 Å². The Kier molecular flexibility index (Phi) is 14.8. The lowest BCUT2D eigenvalue weighted by Gasteiger charge is -2.14. The predicted molar refractivity (Wildman–Crippen MR) is 69.1 cm³/mol. The van der Waals surface area contributed by atoms with Gasteiger partial charge in [0.15, 0.2) is 12.6 Å². The van der Waals surface area contributed by atoms with Crippen molar-refractivity contribution in [2.75, 3.05) is 59.5 Å². The summed E-state index contributed by atoms with van der Waals surface area (Å²) < 4.78 is 25.0. The topological polar surface area (TPSA) is 107 Å². The molecule has 0 radical (unpaired) electrons. The predicted octanol–water partition coefficient (Wildman–Crippen LogP) is -1.28. The van der Waals surface area contributed by atoms with E-state index < -0.39 is 12.6 Å². The Hall–Kier alpha value is -0.320. The molecule has 0 aromatic carbocycles. The third kappa shape index (κ3) is 14.1. The Morgan fingerprint density at radius 2 is 1.30 bits per heavy atom. The molecule has 8 heteroatoms. The van der Waals surface area contributed by atoms with Crippen LogP contribution in [-0.2, 0) is 23.7 Å². The van der Waals surface area contributed by atoms with E-state index in [0.29, 0.717) is 33.0 Å². The molecule has 0 aliphatic rings. The highest BCUT2D eigenvalue weighted by atomic mass is 16.7. The van der Waals surface area contributed by atoms with Crippen LogP contribution in [0.5, 0.6) is 0 Å². The highest BCUT2D eigenvalue weighted by Gasteiger charge is 2.07. The molecule has 0 aliphatic carbocycles. The van der Waals surface area contributed by atoms with E-state index in [0.717, 1.165) is 0 Å². The Morgan fingerprint density at radius 1 is 0.750 bits per heavy atom. The van der Waals surface area contributed by atoms with Crippen LogP contribution in [0.4, 0.5) is 0 Å². The Labute approximate surface area is 119 Å². The first-order valence-electron chi connectivity index (χ1n) is 6.64. The van der Waals surface area contributed by atoms with Crippen LogP contribution < -0.4 is 0 Å². The van der Waals surface area contributed by atoms with Crippen molar-refractivity contribution in [3.63, 3.8) is 0 Å². The minimum absolute atomic E-state index is 0.00665. The number of ether oxygens (including phenoxy) is 5. The molecule has 0 aromatic rings. The molecule has 0 aromatic heterocycles. The Bertz CT molecular complexity index is 192. The van der Waals surface area contributed by atoms with E-state index in [1.54, 1.807) is 6.92 Å². The zero-order valence-electron chi connectivity index (χ0n) is 11.9. The van der Waals surface area contributed by atoms with Gasteiger partial charge in [0, 0.05) is 6.61 Å². The third-order valence-electron chi connectivity index (χ3n) is 2.03. The van der Waals surface area contributed by atoms with E-state index in [-0.39, 0.29) is 26.4 Å². The normalized spacial score (nSPS) is 14.4. The summed E-state index contributed by atoms with van der Waals surface area (Å²) in [7, 11) is 0. The standard InChI is InChI=1S/C12H26O8/c1-2-19-11(14)9-18-10-12(15)20-8-7-17-6-5-16-4-3-13/h11-15H,2-10H2,1H3. The Balaban J connectivity index is 3.22. The quantitative estimate of drug-likeness (QED) is 0.253. The SMILES string of the molecule is CCOC(O)COCC(O)OCCOCCOCCO. The van der Waals surface area contributed by atoms with Gasteiger partial charge in [0.1, 0.15) is 0 Å². The second kappa shape index (κ2) is 15.1. The lowest BCUT2D eigenvalue weighted by molar-refractivity contribution is -0.177. The summed E-state index contributed by atoms with van der Waals surface area (Å²) in [5.74, 6) is 0. The largest absolute Gasteiger partial charge is 0.394 e. The molecule has 8 nitrogen and oxygen atoms in total. The zero-order valence-corrected chi connectivity index (χ0v) is 11.9. The van der Waals surface area contributed by atoms with Crippen molar-refractivity contribution in [2.45, 2.75) is 19.5 Å². The van der Waals surface area contributed by atoms with Crippen LogP contribution >= 0.6 is 0 Å². The number of aliphatic hydroxyl groups is 3. The molecule has 0 fully saturated rings. The van der Waals surface area contributed by atoms with Crippen LogP contribution in [0.2, 0.25) is 0 Å².